The monoisotopic (exact) mass is 329 g/mol. The average Bonchev–Trinajstić information content (AvgIpc) is 2.72. The van der Waals surface area contributed by atoms with Crippen molar-refractivity contribution in [3.05, 3.63) is 46.8 Å². The van der Waals surface area contributed by atoms with Gasteiger partial charge in [-0.1, -0.05) is 6.07 Å². The maximum Gasteiger partial charge on any atom is 0.175 e. The summed E-state index contributed by atoms with van der Waals surface area (Å²) in [7, 11) is -3.18. The molecule has 0 fully saturated rings. The van der Waals surface area contributed by atoms with Gasteiger partial charge in [-0.3, -0.25) is 0 Å². The van der Waals surface area contributed by atoms with Crippen LogP contribution in [-0.4, -0.2) is 14.7 Å². The Hall–Kier alpha value is -1.27. The molecule has 0 aliphatic carbocycles. The van der Waals surface area contributed by atoms with Gasteiger partial charge in [-0.25, -0.2) is 8.42 Å². The smallest absolute Gasteiger partial charge is 0.175 e. The lowest BCUT2D eigenvalue weighted by molar-refractivity contribution is 0.516. The number of nitrogens with one attached hydrogen (secondary N) is 1. The molecule has 2 rings (SSSR count). The third-order valence-corrected chi connectivity index (χ3v) is 4.22. The molecule has 96 valence electrons. The molecule has 0 bridgehead atoms. The molecule has 1 aromatic heterocycles. The molecular weight excluding hydrogens is 318 g/mol. The van der Waals surface area contributed by atoms with E-state index in [-0.39, 0.29) is 0 Å². The van der Waals surface area contributed by atoms with Crippen LogP contribution in [0.5, 0.6) is 0 Å². The summed E-state index contributed by atoms with van der Waals surface area (Å²) in [5, 5.41) is 3.11. The number of furan rings is 1. The number of hydrogen-bond acceptors (Lipinski definition) is 4. The van der Waals surface area contributed by atoms with Crippen LogP contribution in [0.25, 0.3) is 0 Å². The van der Waals surface area contributed by atoms with Crippen LogP contribution in [0.4, 0.5) is 5.69 Å². The highest BCUT2D eigenvalue weighted by molar-refractivity contribution is 9.10. The molecule has 0 saturated heterocycles. The normalized spacial score (nSPS) is 11.4. The Kier molecular flexibility index (Phi) is 3.77. The molecule has 1 aromatic carbocycles. The minimum Gasteiger partial charge on any atom is -0.466 e. The summed E-state index contributed by atoms with van der Waals surface area (Å²) in [6.07, 6.45) is 2.78. The molecule has 4 nitrogen and oxygen atoms in total. The third-order valence-electron chi connectivity index (χ3n) is 2.41. The van der Waals surface area contributed by atoms with Gasteiger partial charge in [0.15, 0.2) is 9.84 Å². The molecule has 0 saturated carbocycles. The van der Waals surface area contributed by atoms with Gasteiger partial charge in [-0.15, -0.1) is 0 Å². The van der Waals surface area contributed by atoms with E-state index in [1.807, 2.05) is 12.1 Å². The van der Waals surface area contributed by atoms with Crippen molar-refractivity contribution in [2.45, 2.75) is 11.4 Å². The number of hydrogen-bond donors (Lipinski definition) is 1. The highest BCUT2D eigenvalue weighted by atomic mass is 79.9. The fraction of sp³-hybridized carbons (Fsp3) is 0.167. The van der Waals surface area contributed by atoms with E-state index >= 15 is 0 Å². The van der Waals surface area contributed by atoms with E-state index in [1.54, 1.807) is 24.5 Å². The van der Waals surface area contributed by atoms with Gasteiger partial charge in [0.05, 0.1) is 22.2 Å². The van der Waals surface area contributed by atoms with Crippen molar-refractivity contribution in [3.63, 3.8) is 0 Å². The van der Waals surface area contributed by atoms with Gasteiger partial charge in [-0.2, -0.15) is 0 Å². The quantitative estimate of drug-likeness (QED) is 0.936. The topological polar surface area (TPSA) is 59.3 Å². The molecule has 1 heterocycles. The molecule has 0 radical (unpaired) electrons. The molecule has 1 N–H and O–H groups in total. The zero-order chi connectivity index (χ0) is 13.2. The Balaban J connectivity index is 2.13. The molecule has 18 heavy (non-hydrogen) atoms. The summed E-state index contributed by atoms with van der Waals surface area (Å²) in [5.74, 6) is 0.764. The van der Waals surface area contributed by atoms with E-state index in [2.05, 4.69) is 21.2 Å². The molecule has 0 atom stereocenters. The van der Waals surface area contributed by atoms with Crippen LogP contribution >= 0.6 is 15.9 Å². The van der Waals surface area contributed by atoms with Gasteiger partial charge >= 0.3 is 0 Å². The highest BCUT2D eigenvalue weighted by Crippen LogP contribution is 2.20. The largest absolute Gasteiger partial charge is 0.466 e. The van der Waals surface area contributed by atoms with Gasteiger partial charge in [0.2, 0.25) is 0 Å². The molecule has 0 aliphatic heterocycles. The summed E-state index contributed by atoms with van der Waals surface area (Å²) in [6.45, 7) is 0.487. The first kappa shape index (κ1) is 13.2. The second-order valence-corrected chi connectivity index (χ2v) is 6.72. The first-order chi connectivity index (χ1) is 8.47. The van der Waals surface area contributed by atoms with Crippen molar-refractivity contribution in [2.24, 2.45) is 0 Å². The van der Waals surface area contributed by atoms with E-state index in [1.165, 1.54) is 6.26 Å². The molecule has 0 spiro atoms. The maximum atomic E-state index is 11.4. The van der Waals surface area contributed by atoms with E-state index < -0.39 is 9.84 Å². The number of benzene rings is 1. The molecule has 0 amide bonds. The van der Waals surface area contributed by atoms with Gasteiger partial charge in [0.1, 0.15) is 5.76 Å². The van der Waals surface area contributed by atoms with Crippen molar-refractivity contribution in [1.82, 2.24) is 0 Å². The standard InChI is InChI=1S/C12H12BrNO3S/c1-18(15,16)10-4-2-3-9(7-10)14-8-12-11(13)5-6-17-12/h2-7,14H,8H2,1H3. The summed E-state index contributed by atoms with van der Waals surface area (Å²) < 4.78 is 29.0. The molecule has 2 aromatic rings. The number of sulfone groups is 1. The predicted molar refractivity (Wildman–Crippen MR) is 73.3 cm³/mol. The number of rotatable bonds is 4. The minimum absolute atomic E-state index is 0.297. The predicted octanol–water partition coefficient (Wildman–Crippen LogP) is 3.06. The minimum atomic E-state index is -3.18. The fourth-order valence-electron chi connectivity index (χ4n) is 1.47. The van der Waals surface area contributed by atoms with Crippen LogP contribution in [0.15, 0.2) is 50.4 Å². The molecular formula is C12H12BrNO3S. The fourth-order valence-corrected chi connectivity index (χ4v) is 2.48. The first-order valence-electron chi connectivity index (χ1n) is 5.22. The van der Waals surface area contributed by atoms with Crippen LogP contribution in [-0.2, 0) is 16.4 Å². The summed E-state index contributed by atoms with van der Waals surface area (Å²) >= 11 is 3.36. The number of halogens is 1. The molecule has 6 heteroatoms. The average molecular weight is 330 g/mol. The summed E-state index contributed by atoms with van der Waals surface area (Å²) in [4.78, 5) is 0.297. The van der Waals surface area contributed by atoms with Crippen LogP contribution in [0.3, 0.4) is 0 Å². The lowest BCUT2D eigenvalue weighted by Gasteiger charge is -2.06. The zero-order valence-corrected chi connectivity index (χ0v) is 12.1. The van der Waals surface area contributed by atoms with Gasteiger partial charge < -0.3 is 9.73 Å². The second-order valence-electron chi connectivity index (χ2n) is 3.85. The Labute approximate surface area is 114 Å². The lowest BCUT2D eigenvalue weighted by atomic mass is 10.3. The first-order valence-corrected chi connectivity index (χ1v) is 7.91. The number of anilines is 1. The van der Waals surface area contributed by atoms with Gasteiger partial charge in [-0.05, 0) is 40.2 Å². The Bertz CT molecular complexity index is 649. The van der Waals surface area contributed by atoms with Crippen LogP contribution in [0.1, 0.15) is 5.76 Å². The van der Waals surface area contributed by atoms with Gasteiger partial charge in [0.25, 0.3) is 0 Å². The van der Waals surface area contributed by atoms with Crippen molar-refractivity contribution in [1.29, 1.82) is 0 Å². The summed E-state index contributed by atoms with van der Waals surface area (Å²) in [5.41, 5.74) is 0.737. The molecule has 0 aliphatic rings. The Morgan fingerprint density at radius 1 is 1.33 bits per heavy atom. The van der Waals surface area contributed by atoms with Gasteiger partial charge in [0, 0.05) is 11.9 Å². The SMILES string of the molecule is CS(=O)(=O)c1cccc(NCc2occc2Br)c1. The van der Waals surface area contributed by atoms with E-state index in [4.69, 9.17) is 4.42 Å². The Morgan fingerprint density at radius 3 is 2.72 bits per heavy atom. The van der Waals surface area contributed by atoms with E-state index in [0.29, 0.717) is 11.4 Å². The lowest BCUT2D eigenvalue weighted by Crippen LogP contribution is -2.01. The van der Waals surface area contributed by atoms with E-state index in [0.717, 1.165) is 15.9 Å². The second kappa shape index (κ2) is 5.16. The molecule has 0 unspecified atom stereocenters. The zero-order valence-electron chi connectivity index (χ0n) is 9.68. The van der Waals surface area contributed by atoms with Crippen LogP contribution in [0, 0.1) is 0 Å². The van der Waals surface area contributed by atoms with Crippen molar-refractivity contribution in [3.8, 4) is 0 Å². The van der Waals surface area contributed by atoms with Crippen molar-refractivity contribution >= 4 is 31.5 Å². The maximum absolute atomic E-state index is 11.4. The third kappa shape index (κ3) is 3.14. The van der Waals surface area contributed by atoms with Crippen LogP contribution in [0.2, 0.25) is 0 Å². The van der Waals surface area contributed by atoms with Crippen LogP contribution < -0.4 is 5.32 Å². The van der Waals surface area contributed by atoms with E-state index in [9.17, 15) is 8.42 Å². The van der Waals surface area contributed by atoms with Crippen molar-refractivity contribution < 1.29 is 12.8 Å². The Morgan fingerprint density at radius 2 is 2.11 bits per heavy atom. The highest BCUT2D eigenvalue weighted by Gasteiger charge is 2.08. The summed E-state index contributed by atoms with van der Waals surface area (Å²) in [6, 6.07) is 8.50. The van der Waals surface area contributed by atoms with Crippen molar-refractivity contribution in [2.75, 3.05) is 11.6 Å².